The van der Waals surface area contributed by atoms with Crippen molar-refractivity contribution in [3.63, 3.8) is 0 Å². The zero-order chi connectivity index (χ0) is 31.6. The number of carbonyl (C=O) groups is 1. The highest BCUT2D eigenvalue weighted by molar-refractivity contribution is 6.31. The van der Waals surface area contributed by atoms with Gasteiger partial charge >= 0.3 is 12.1 Å². The zero-order valence-corrected chi connectivity index (χ0v) is 24.0. The Labute approximate surface area is 252 Å². The van der Waals surface area contributed by atoms with Crippen LogP contribution in [0.1, 0.15) is 17.0 Å². The fraction of sp³-hybridized carbons (Fsp3) is 0.172. The predicted octanol–water partition coefficient (Wildman–Crippen LogP) is 5.10. The van der Waals surface area contributed by atoms with Crippen molar-refractivity contribution in [3.05, 3.63) is 105 Å². The maximum absolute atomic E-state index is 12.0. The Balaban J connectivity index is 0.000000493. The number of halogens is 4. The summed E-state index contributed by atoms with van der Waals surface area (Å²) in [5, 5.41) is 21.4. The van der Waals surface area contributed by atoms with Crippen LogP contribution in [-0.4, -0.2) is 58.8 Å². The number of aliphatic carboxylic acids is 1. The summed E-state index contributed by atoms with van der Waals surface area (Å²) in [5.74, 6) is -0.655. The van der Waals surface area contributed by atoms with Crippen LogP contribution in [-0.2, 0) is 24.8 Å². The van der Waals surface area contributed by atoms with Crippen molar-refractivity contribution < 1.29 is 23.1 Å². The molecule has 0 atom stereocenters. The molecule has 0 aliphatic carbocycles. The van der Waals surface area contributed by atoms with E-state index in [-0.39, 0.29) is 5.56 Å². The van der Waals surface area contributed by atoms with Crippen LogP contribution in [0, 0.1) is 0 Å². The Morgan fingerprint density at radius 1 is 1.02 bits per heavy atom. The van der Waals surface area contributed by atoms with Gasteiger partial charge in [0.25, 0.3) is 5.56 Å². The van der Waals surface area contributed by atoms with Crippen molar-refractivity contribution in [3.8, 4) is 0 Å². The van der Waals surface area contributed by atoms with Gasteiger partial charge in [-0.25, -0.2) is 14.8 Å². The summed E-state index contributed by atoms with van der Waals surface area (Å²) in [5.41, 5.74) is 3.72. The SMILES string of the molecule is CN(c1nc(Cc2ccc(Cn3ccccc3=O)cc2)nc2[nH]ncc12)c1nn(C)c2ccc(Cl)cc12.O=C(O)C(F)(F)F. The standard InChI is InChI=1S/C27H23ClN8O.C2HF3O2/c1-34(27-20-14-19(28)10-11-22(20)35(2)33-27)26-21-15-29-32-25(21)30-23(31-26)13-17-6-8-18(9-7-17)16-36-12-4-3-5-24(36)37;3-2(4,5)1(6)7/h3-12,14-15H,13,16H2,1-2H3,(H,29,30,31,32);(H,6,7). The molecule has 6 rings (SSSR count). The number of carboxylic acid groups (broad SMARTS) is 1. The van der Waals surface area contributed by atoms with E-state index in [1.807, 2.05) is 72.2 Å². The van der Waals surface area contributed by atoms with Gasteiger partial charge in [0, 0.05) is 43.2 Å². The van der Waals surface area contributed by atoms with E-state index in [9.17, 15) is 18.0 Å². The number of fused-ring (bicyclic) bond motifs is 2. The number of nitrogens with one attached hydrogen (secondary N) is 1. The molecule has 4 heterocycles. The number of anilines is 2. The summed E-state index contributed by atoms with van der Waals surface area (Å²) in [6.07, 6.45) is -1.03. The summed E-state index contributed by atoms with van der Waals surface area (Å²) < 4.78 is 35.2. The minimum absolute atomic E-state index is 0.0209. The van der Waals surface area contributed by atoms with Crippen molar-refractivity contribution >= 4 is 51.1 Å². The average Bonchev–Trinajstić information content (AvgIpc) is 3.58. The van der Waals surface area contributed by atoms with Crippen molar-refractivity contribution in [2.24, 2.45) is 7.05 Å². The summed E-state index contributed by atoms with van der Waals surface area (Å²) in [6, 6.07) is 19.0. The number of rotatable bonds is 6. The number of hydrogen-bond donors (Lipinski definition) is 2. The number of aryl methyl sites for hydroxylation is 1. The lowest BCUT2D eigenvalue weighted by molar-refractivity contribution is -0.192. The first-order valence-electron chi connectivity index (χ1n) is 13.0. The van der Waals surface area contributed by atoms with Gasteiger partial charge in [-0.15, -0.1) is 0 Å². The highest BCUT2D eigenvalue weighted by Crippen LogP contribution is 2.33. The molecule has 0 saturated carbocycles. The third-order valence-corrected chi connectivity index (χ3v) is 6.88. The number of carboxylic acids is 1. The molecule has 0 aliphatic rings. The molecule has 0 amide bonds. The number of alkyl halides is 3. The van der Waals surface area contributed by atoms with Gasteiger partial charge in [0.15, 0.2) is 11.5 Å². The number of aromatic nitrogens is 7. The van der Waals surface area contributed by atoms with E-state index in [0.717, 1.165) is 33.2 Å². The topological polar surface area (TPSA) is 135 Å². The first-order valence-corrected chi connectivity index (χ1v) is 13.4. The van der Waals surface area contributed by atoms with Crippen LogP contribution in [0.15, 0.2) is 77.9 Å². The third-order valence-electron chi connectivity index (χ3n) is 6.64. The molecule has 2 N–H and O–H groups in total. The number of benzene rings is 2. The molecule has 44 heavy (non-hydrogen) atoms. The van der Waals surface area contributed by atoms with Crippen LogP contribution in [0.25, 0.3) is 21.9 Å². The molecule has 6 aromatic rings. The number of aromatic amines is 1. The molecule has 0 unspecified atom stereocenters. The molecule has 226 valence electrons. The minimum atomic E-state index is -5.08. The van der Waals surface area contributed by atoms with E-state index >= 15 is 0 Å². The fourth-order valence-electron chi connectivity index (χ4n) is 4.50. The Morgan fingerprint density at radius 2 is 1.73 bits per heavy atom. The molecule has 11 nitrogen and oxygen atoms in total. The van der Waals surface area contributed by atoms with Gasteiger partial charge in [-0.05, 0) is 35.4 Å². The number of nitrogens with zero attached hydrogens (tertiary/aromatic N) is 7. The molecule has 0 bridgehead atoms. The van der Waals surface area contributed by atoms with Crippen molar-refractivity contribution in [1.82, 2.24) is 34.5 Å². The number of H-pyrrole nitrogens is 1. The van der Waals surface area contributed by atoms with Gasteiger partial charge in [-0.1, -0.05) is 41.9 Å². The first-order chi connectivity index (χ1) is 20.9. The second-order valence-electron chi connectivity index (χ2n) is 9.73. The monoisotopic (exact) mass is 624 g/mol. The van der Waals surface area contributed by atoms with E-state index < -0.39 is 12.1 Å². The molecular formula is C29H24ClF3N8O3. The Morgan fingerprint density at radius 3 is 2.41 bits per heavy atom. The quantitative estimate of drug-likeness (QED) is 0.262. The smallest absolute Gasteiger partial charge is 0.475 e. The van der Waals surface area contributed by atoms with Gasteiger partial charge in [0.2, 0.25) is 0 Å². The zero-order valence-electron chi connectivity index (χ0n) is 23.2. The summed E-state index contributed by atoms with van der Waals surface area (Å²) in [6.45, 7) is 0.521. The largest absolute Gasteiger partial charge is 0.490 e. The van der Waals surface area contributed by atoms with Crippen molar-refractivity contribution in [2.45, 2.75) is 19.1 Å². The molecular weight excluding hydrogens is 601 g/mol. The molecule has 0 fully saturated rings. The Kier molecular flexibility index (Phi) is 8.36. The molecule has 4 aromatic heterocycles. The summed E-state index contributed by atoms with van der Waals surface area (Å²) >= 11 is 6.29. The van der Waals surface area contributed by atoms with Crippen LogP contribution in [0.2, 0.25) is 5.02 Å². The third kappa shape index (κ3) is 6.54. The second kappa shape index (κ2) is 12.2. The molecule has 2 aromatic carbocycles. The molecule has 0 aliphatic heterocycles. The van der Waals surface area contributed by atoms with Crippen LogP contribution in [0.5, 0.6) is 0 Å². The predicted molar refractivity (Wildman–Crippen MR) is 158 cm³/mol. The van der Waals surface area contributed by atoms with Gasteiger partial charge in [0.05, 0.1) is 23.6 Å². The summed E-state index contributed by atoms with van der Waals surface area (Å²) in [7, 11) is 3.84. The highest BCUT2D eigenvalue weighted by atomic mass is 35.5. The van der Waals surface area contributed by atoms with E-state index in [4.69, 9.17) is 36.6 Å². The minimum Gasteiger partial charge on any atom is -0.475 e. The molecule has 15 heteroatoms. The van der Waals surface area contributed by atoms with Crippen molar-refractivity contribution in [2.75, 3.05) is 11.9 Å². The van der Waals surface area contributed by atoms with Gasteiger partial charge in [-0.3, -0.25) is 14.6 Å². The van der Waals surface area contributed by atoms with Crippen LogP contribution < -0.4 is 10.5 Å². The van der Waals surface area contributed by atoms with Crippen LogP contribution >= 0.6 is 11.6 Å². The lowest BCUT2D eigenvalue weighted by atomic mass is 10.1. The van der Waals surface area contributed by atoms with Crippen LogP contribution in [0.4, 0.5) is 24.8 Å². The highest BCUT2D eigenvalue weighted by Gasteiger charge is 2.38. The van der Waals surface area contributed by atoms with Gasteiger partial charge < -0.3 is 14.6 Å². The first kappa shape index (κ1) is 30.2. The van der Waals surface area contributed by atoms with Crippen LogP contribution in [0.3, 0.4) is 0 Å². The maximum atomic E-state index is 12.0. The number of pyridine rings is 1. The van der Waals surface area contributed by atoms with E-state index in [1.165, 1.54) is 0 Å². The van der Waals surface area contributed by atoms with Gasteiger partial charge in [0.1, 0.15) is 11.6 Å². The average molecular weight is 625 g/mol. The lowest BCUT2D eigenvalue weighted by Gasteiger charge is -2.17. The number of hydrogen-bond acceptors (Lipinski definition) is 7. The van der Waals surface area contributed by atoms with E-state index in [1.54, 1.807) is 29.1 Å². The van der Waals surface area contributed by atoms with Crippen molar-refractivity contribution in [1.29, 1.82) is 0 Å². The van der Waals surface area contributed by atoms with E-state index in [2.05, 4.69) is 10.2 Å². The Hall–Kier alpha value is -5.24. The molecule has 0 spiro atoms. The molecule has 0 saturated heterocycles. The maximum Gasteiger partial charge on any atom is 0.490 e. The fourth-order valence-corrected chi connectivity index (χ4v) is 4.67. The second-order valence-corrected chi connectivity index (χ2v) is 10.2. The van der Waals surface area contributed by atoms with Gasteiger partial charge in [-0.2, -0.15) is 23.4 Å². The Bertz CT molecular complexity index is 2020. The van der Waals surface area contributed by atoms with E-state index in [0.29, 0.717) is 35.3 Å². The lowest BCUT2D eigenvalue weighted by Crippen LogP contribution is -2.21. The normalized spacial score (nSPS) is 11.4. The summed E-state index contributed by atoms with van der Waals surface area (Å²) in [4.78, 5) is 32.5. The molecule has 0 radical (unpaired) electrons.